The number of benzene rings is 6. The van der Waals surface area contributed by atoms with Gasteiger partial charge < -0.3 is 9.47 Å². The number of hydrogen-bond acceptors (Lipinski definition) is 3. The molecular weight excluding hydrogens is 569 g/mol. The maximum atomic E-state index is 7.11. The van der Waals surface area contributed by atoms with Crippen molar-refractivity contribution in [2.24, 2.45) is 0 Å². The van der Waals surface area contributed by atoms with E-state index in [1.54, 1.807) is 11.3 Å². The molecule has 0 aliphatic carbocycles. The minimum atomic E-state index is -0.788. The average molecular weight is 597 g/mol. The summed E-state index contributed by atoms with van der Waals surface area (Å²) in [6.45, 7) is 0. The van der Waals surface area contributed by atoms with Gasteiger partial charge in [0.15, 0.2) is 11.2 Å². The number of ether oxygens (including phenoxy) is 2. The first kappa shape index (κ1) is 26.1. The van der Waals surface area contributed by atoms with E-state index in [9.17, 15) is 0 Å². The molecule has 1 aromatic heterocycles. The van der Waals surface area contributed by atoms with Gasteiger partial charge >= 0.3 is 0 Å². The molecule has 9 rings (SSSR count). The lowest BCUT2D eigenvalue weighted by atomic mass is 9.86. The molecule has 6 aromatic carbocycles. The third kappa shape index (κ3) is 4.01. The molecule has 3 heterocycles. The van der Waals surface area contributed by atoms with Crippen LogP contribution in [-0.2, 0) is 11.2 Å². The summed E-state index contributed by atoms with van der Waals surface area (Å²) in [5.74, 6) is 1.75. The van der Waals surface area contributed by atoms with Gasteiger partial charge in [-0.15, -0.1) is 11.3 Å². The highest BCUT2D eigenvalue weighted by molar-refractivity contribution is 7.12. The van der Waals surface area contributed by atoms with Gasteiger partial charge in [-0.1, -0.05) is 121 Å². The van der Waals surface area contributed by atoms with E-state index < -0.39 is 11.2 Å². The minimum Gasteiger partial charge on any atom is -0.472 e. The Morgan fingerprint density at radius 3 is 1.29 bits per heavy atom. The highest BCUT2D eigenvalue weighted by atomic mass is 32.1. The normalized spacial score (nSPS) is 19.9. The number of thiophene rings is 1. The van der Waals surface area contributed by atoms with E-state index in [1.807, 2.05) is 0 Å². The monoisotopic (exact) mass is 596 g/mol. The smallest absolute Gasteiger partial charge is 0.187 e. The molecule has 0 N–H and O–H groups in total. The van der Waals surface area contributed by atoms with Crippen molar-refractivity contribution >= 4 is 45.0 Å². The van der Waals surface area contributed by atoms with E-state index in [-0.39, 0.29) is 0 Å². The Kier molecular flexibility index (Phi) is 5.84. The van der Waals surface area contributed by atoms with E-state index in [0.717, 1.165) is 43.5 Å². The SMILES string of the molecule is C1=CC(c2ccccc2)(c2ccc(C3(c4ccccc4)C=Cc4c(ccc5ccccc45)O3)s2)Oc2ccc3ccccc3c21. The Morgan fingerprint density at radius 1 is 0.400 bits per heavy atom. The van der Waals surface area contributed by atoms with Gasteiger partial charge in [-0.25, -0.2) is 0 Å². The average Bonchev–Trinajstić information content (AvgIpc) is 3.63. The van der Waals surface area contributed by atoms with Crippen LogP contribution in [0.5, 0.6) is 11.5 Å². The van der Waals surface area contributed by atoms with Gasteiger partial charge in [0.1, 0.15) is 11.5 Å². The summed E-state index contributed by atoms with van der Waals surface area (Å²) in [6, 6.07) is 50.9. The van der Waals surface area contributed by atoms with E-state index in [1.165, 1.54) is 21.5 Å². The van der Waals surface area contributed by atoms with Crippen molar-refractivity contribution < 1.29 is 9.47 Å². The molecule has 0 saturated carbocycles. The summed E-state index contributed by atoms with van der Waals surface area (Å²) >= 11 is 1.74. The van der Waals surface area contributed by atoms with Gasteiger partial charge in [-0.05, 0) is 70.1 Å². The molecule has 0 spiro atoms. The van der Waals surface area contributed by atoms with Crippen molar-refractivity contribution in [1.82, 2.24) is 0 Å². The number of rotatable bonds is 4. The summed E-state index contributed by atoms with van der Waals surface area (Å²) in [6.07, 6.45) is 8.92. The van der Waals surface area contributed by atoms with Gasteiger partial charge in [-0.2, -0.15) is 0 Å². The van der Waals surface area contributed by atoms with Gasteiger partial charge in [0.2, 0.25) is 0 Å². The van der Waals surface area contributed by atoms with Crippen molar-refractivity contribution in [2.75, 3.05) is 0 Å². The predicted octanol–water partition coefficient (Wildman–Crippen LogP) is 10.8. The lowest BCUT2D eigenvalue weighted by molar-refractivity contribution is 0.164. The predicted molar refractivity (Wildman–Crippen MR) is 186 cm³/mol. The van der Waals surface area contributed by atoms with Gasteiger partial charge in [0.25, 0.3) is 0 Å². The van der Waals surface area contributed by atoms with E-state index in [4.69, 9.17) is 9.47 Å². The third-order valence-corrected chi connectivity index (χ3v) is 10.4. The molecule has 45 heavy (non-hydrogen) atoms. The molecule has 2 nitrogen and oxygen atoms in total. The minimum absolute atomic E-state index is 0.788. The standard InChI is InChI=1S/C42H28O2S/c1-3-13-31(14-4-1)41(27-25-35-33-17-9-7-11-29(33)19-21-37(35)43-41)39-23-24-40(45-39)42(32-15-5-2-6-16-32)28-26-36-34-18-10-8-12-30(34)20-22-38(36)44-42/h1-28H. The molecule has 0 amide bonds. The van der Waals surface area contributed by atoms with E-state index in [2.05, 4.69) is 170 Å². The van der Waals surface area contributed by atoms with E-state index >= 15 is 0 Å². The lowest BCUT2D eigenvalue weighted by Crippen LogP contribution is -2.34. The van der Waals surface area contributed by atoms with Gasteiger partial charge in [0, 0.05) is 22.3 Å². The largest absolute Gasteiger partial charge is 0.472 e. The summed E-state index contributed by atoms with van der Waals surface area (Å²) in [4.78, 5) is 2.19. The molecule has 0 saturated heterocycles. The van der Waals surface area contributed by atoms with Crippen LogP contribution in [0.2, 0.25) is 0 Å². The van der Waals surface area contributed by atoms with Crippen LogP contribution in [0.3, 0.4) is 0 Å². The first-order valence-corrected chi connectivity index (χ1v) is 16.1. The Hall–Kier alpha value is -5.38. The van der Waals surface area contributed by atoms with Crippen LogP contribution in [0.15, 0.2) is 158 Å². The van der Waals surface area contributed by atoms with Crippen molar-refractivity contribution in [3.05, 3.63) is 190 Å². The van der Waals surface area contributed by atoms with Crippen LogP contribution in [0.4, 0.5) is 0 Å². The second-order valence-electron chi connectivity index (χ2n) is 11.6. The Bertz CT molecular complexity index is 2120. The molecule has 0 fully saturated rings. The zero-order valence-corrected chi connectivity index (χ0v) is 25.2. The summed E-state index contributed by atoms with van der Waals surface area (Å²) in [5.41, 5.74) is 2.81. The molecule has 3 heteroatoms. The molecule has 0 radical (unpaired) electrons. The summed E-state index contributed by atoms with van der Waals surface area (Å²) in [7, 11) is 0. The fraction of sp³-hybridized carbons (Fsp3) is 0.0476. The van der Waals surface area contributed by atoms with Crippen molar-refractivity contribution in [3.63, 3.8) is 0 Å². The zero-order valence-electron chi connectivity index (χ0n) is 24.4. The molecule has 2 aliphatic rings. The maximum absolute atomic E-state index is 7.11. The highest BCUT2D eigenvalue weighted by Crippen LogP contribution is 2.50. The molecule has 0 bridgehead atoms. The van der Waals surface area contributed by atoms with Crippen molar-refractivity contribution in [2.45, 2.75) is 11.2 Å². The van der Waals surface area contributed by atoms with Crippen LogP contribution >= 0.6 is 11.3 Å². The topological polar surface area (TPSA) is 18.5 Å². The fourth-order valence-corrected chi connectivity index (χ4v) is 8.13. The third-order valence-electron chi connectivity index (χ3n) is 9.12. The summed E-state index contributed by atoms with van der Waals surface area (Å²) < 4.78 is 14.2. The van der Waals surface area contributed by atoms with Crippen LogP contribution in [0, 0.1) is 0 Å². The first-order chi connectivity index (χ1) is 22.2. The maximum Gasteiger partial charge on any atom is 0.187 e. The van der Waals surface area contributed by atoms with Crippen LogP contribution in [-0.4, -0.2) is 0 Å². The Balaban J connectivity index is 1.21. The van der Waals surface area contributed by atoms with Gasteiger partial charge in [-0.3, -0.25) is 0 Å². The molecule has 2 aliphatic heterocycles. The molecule has 2 unspecified atom stereocenters. The second kappa shape index (κ2) is 10.1. The highest BCUT2D eigenvalue weighted by Gasteiger charge is 2.43. The Labute approximate surface area is 266 Å². The van der Waals surface area contributed by atoms with Gasteiger partial charge in [0.05, 0.1) is 9.75 Å². The number of hydrogen-bond donors (Lipinski definition) is 0. The van der Waals surface area contributed by atoms with Crippen molar-refractivity contribution in [1.29, 1.82) is 0 Å². The van der Waals surface area contributed by atoms with E-state index in [0.29, 0.717) is 0 Å². The first-order valence-electron chi connectivity index (χ1n) is 15.3. The molecular formula is C42H28O2S. The number of fused-ring (bicyclic) bond motifs is 6. The lowest BCUT2D eigenvalue weighted by Gasteiger charge is -2.36. The molecule has 214 valence electrons. The quantitative estimate of drug-likeness (QED) is 0.201. The van der Waals surface area contributed by atoms with Crippen LogP contribution < -0.4 is 9.47 Å². The Morgan fingerprint density at radius 2 is 0.822 bits per heavy atom. The molecule has 2 atom stereocenters. The fourth-order valence-electron chi connectivity index (χ4n) is 6.86. The molecule has 7 aromatic rings. The zero-order chi connectivity index (χ0) is 29.8. The summed E-state index contributed by atoms with van der Waals surface area (Å²) in [5, 5.41) is 4.79. The van der Waals surface area contributed by atoms with Crippen LogP contribution in [0.25, 0.3) is 33.7 Å². The second-order valence-corrected chi connectivity index (χ2v) is 12.7. The van der Waals surface area contributed by atoms with Crippen LogP contribution in [0.1, 0.15) is 32.0 Å². The van der Waals surface area contributed by atoms with Crippen molar-refractivity contribution in [3.8, 4) is 11.5 Å².